The fourth-order valence-corrected chi connectivity index (χ4v) is 3.57. The molecule has 0 aromatic heterocycles. The maximum atomic E-state index is 12.5. The molecule has 1 fully saturated rings. The lowest BCUT2D eigenvalue weighted by Crippen LogP contribution is -2.48. The van der Waals surface area contributed by atoms with Gasteiger partial charge in [-0.2, -0.15) is 0 Å². The Morgan fingerprint density at radius 3 is 2.35 bits per heavy atom. The molecule has 1 amide bonds. The van der Waals surface area contributed by atoms with Crippen LogP contribution in [0.25, 0.3) is 0 Å². The molecule has 1 aliphatic rings. The van der Waals surface area contributed by atoms with E-state index in [4.69, 9.17) is 0 Å². The smallest absolute Gasteiger partial charge is 0.238 e. The lowest BCUT2D eigenvalue weighted by molar-refractivity contribution is -0.117. The highest BCUT2D eigenvalue weighted by molar-refractivity contribution is 5.93. The summed E-state index contributed by atoms with van der Waals surface area (Å²) in [5.74, 6) is 0.464. The number of nitrogens with zero attached hydrogens (tertiary/aromatic N) is 2. The van der Waals surface area contributed by atoms with Gasteiger partial charge in [-0.15, -0.1) is 0 Å². The molecule has 0 saturated carbocycles. The summed E-state index contributed by atoms with van der Waals surface area (Å²) in [4.78, 5) is 17.1. The van der Waals surface area contributed by atoms with Crippen LogP contribution in [0.5, 0.6) is 0 Å². The molecule has 2 aromatic carbocycles. The number of hydrogen-bond donors (Lipinski definition) is 1. The van der Waals surface area contributed by atoms with Gasteiger partial charge in [-0.1, -0.05) is 50.2 Å². The summed E-state index contributed by atoms with van der Waals surface area (Å²) >= 11 is 0. The molecule has 0 unspecified atom stereocenters. The number of rotatable bonds is 5. The first-order chi connectivity index (χ1) is 12.5. The number of anilines is 2. The predicted octanol–water partition coefficient (Wildman–Crippen LogP) is 3.88. The van der Waals surface area contributed by atoms with Crippen LogP contribution in [0, 0.1) is 6.92 Å². The Hall–Kier alpha value is -2.33. The van der Waals surface area contributed by atoms with E-state index in [9.17, 15) is 4.79 Å². The minimum Gasteiger partial charge on any atom is -0.369 e. The second-order valence-electron chi connectivity index (χ2n) is 7.34. The van der Waals surface area contributed by atoms with Gasteiger partial charge >= 0.3 is 0 Å². The van der Waals surface area contributed by atoms with Crippen molar-refractivity contribution in [1.82, 2.24) is 4.90 Å². The van der Waals surface area contributed by atoms with Gasteiger partial charge in [0.2, 0.25) is 5.91 Å². The Balaban J connectivity index is 1.53. The van der Waals surface area contributed by atoms with Crippen LogP contribution in [0.3, 0.4) is 0 Å². The van der Waals surface area contributed by atoms with E-state index in [1.807, 2.05) is 18.2 Å². The van der Waals surface area contributed by atoms with Crippen molar-refractivity contribution in [3.63, 3.8) is 0 Å². The summed E-state index contributed by atoms with van der Waals surface area (Å²) in [7, 11) is 0. The zero-order valence-corrected chi connectivity index (χ0v) is 16.0. The van der Waals surface area contributed by atoms with E-state index in [2.05, 4.69) is 66.2 Å². The molecule has 2 aromatic rings. The Bertz CT molecular complexity index is 749. The number of hydrogen-bond acceptors (Lipinski definition) is 3. The highest BCUT2D eigenvalue weighted by Gasteiger charge is 2.20. The third kappa shape index (κ3) is 4.44. The van der Waals surface area contributed by atoms with Crippen LogP contribution < -0.4 is 10.2 Å². The Labute approximate surface area is 156 Å². The molecule has 0 bridgehead atoms. The fraction of sp³-hybridized carbons (Fsp3) is 0.409. The number of benzene rings is 2. The quantitative estimate of drug-likeness (QED) is 0.888. The number of piperazine rings is 1. The van der Waals surface area contributed by atoms with Gasteiger partial charge in [-0.05, 0) is 36.1 Å². The SMILES string of the molecule is Cc1ccccc1N1CCN(CC(=O)Nc2ccccc2C(C)C)CC1. The third-order valence-electron chi connectivity index (χ3n) is 5.05. The molecule has 138 valence electrons. The van der Waals surface area contributed by atoms with Crippen LogP contribution in [-0.2, 0) is 4.79 Å². The monoisotopic (exact) mass is 351 g/mol. The number of carbonyl (C=O) groups is 1. The molecule has 3 rings (SSSR count). The average molecular weight is 351 g/mol. The van der Waals surface area contributed by atoms with Crippen molar-refractivity contribution in [3.05, 3.63) is 59.7 Å². The van der Waals surface area contributed by atoms with Crippen LogP contribution >= 0.6 is 0 Å². The van der Waals surface area contributed by atoms with Gasteiger partial charge in [0.05, 0.1) is 6.54 Å². The van der Waals surface area contributed by atoms with Gasteiger partial charge < -0.3 is 10.2 Å². The predicted molar refractivity (Wildman–Crippen MR) is 109 cm³/mol. The van der Waals surface area contributed by atoms with E-state index in [-0.39, 0.29) is 5.91 Å². The molecule has 1 aliphatic heterocycles. The maximum absolute atomic E-state index is 12.5. The summed E-state index contributed by atoms with van der Waals surface area (Å²) in [6.45, 7) is 10.6. The molecule has 0 spiro atoms. The van der Waals surface area contributed by atoms with E-state index in [1.54, 1.807) is 0 Å². The first kappa shape index (κ1) is 18.5. The molecule has 26 heavy (non-hydrogen) atoms. The Morgan fingerprint density at radius 1 is 1.00 bits per heavy atom. The molecular weight excluding hydrogens is 322 g/mol. The van der Waals surface area contributed by atoms with Crippen LogP contribution in [0.4, 0.5) is 11.4 Å². The van der Waals surface area contributed by atoms with Gasteiger partial charge in [0.25, 0.3) is 0 Å². The molecule has 1 heterocycles. The normalized spacial score (nSPS) is 15.3. The number of aryl methyl sites for hydroxylation is 1. The minimum absolute atomic E-state index is 0.0717. The zero-order chi connectivity index (χ0) is 18.5. The molecule has 4 nitrogen and oxygen atoms in total. The van der Waals surface area contributed by atoms with Gasteiger partial charge in [0, 0.05) is 37.6 Å². The van der Waals surface area contributed by atoms with E-state index < -0.39 is 0 Å². The fourth-order valence-electron chi connectivity index (χ4n) is 3.57. The topological polar surface area (TPSA) is 35.6 Å². The van der Waals surface area contributed by atoms with E-state index in [0.29, 0.717) is 12.5 Å². The number of nitrogens with one attached hydrogen (secondary N) is 1. The molecule has 0 atom stereocenters. The van der Waals surface area contributed by atoms with Crippen LogP contribution in [-0.4, -0.2) is 43.5 Å². The zero-order valence-electron chi connectivity index (χ0n) is 16.0. The first-order valence-corrected chi connectivity index (χ1v) is 9.46. The van der Waals surface area contributed by atoms with Gasteiger partial charge in [0.1, 0.15) is 0 Å². The van der Waals surface area contributed by atoms with Crippen molar-refractivity contribution < 1.29 is 4.79 Å². The molecule has 1 saturated heterocycles. The Morgan fingerprint density at radius 2 is 1.65 bits per heavy atom. The third-order valence-corrected chi connectivity index (χ3v) is 5.05. The summed E-state index contributed by atoms with van der Waals surface area (Å²) in [6.07, 6.45) is 0. The minimum atomic E-state index is 0.0717. The second-order valence-corrected chi connectivity index (χ2v) is 7.34. The second kappa shape index (κ2) is 8.37. The van der Waals surface area contributed by atoms with Crippen molar-refractivity contribution >= 4 is 17.3 Å². The van der Waals surface area contributed by atoms with Crippen LogP contribution in [0.2, 0.25) is 0 Å². The van der Waals surface area contributed by atoms with Crippen molar-refractivity contribution in [2.75, 3.05) is 42.9 Å². The van der Waals surface area contributed by atoms with E-state index >= 15 is 0 Å². The van der Waals surface area contributed by atoms with Gasteiger partial charge in [-0.3, -0.25) is 9.69 Å². The molecular formula is C22H29N3O. The molecule has 4 heteroatoms. The van der Waals surface area contributed by atoms with Crippen molar-refractivity contribution in [1.29, 1.82) is 0 Å². The van der Waals surface area contributed by atoms with Crippen molar-refractivity contribution in [2.24, 2.45) is 0 Å². The van der Waals surface area contributed by atoms with Crippen molar-refractivity contribution in [2.45, 2.75) is 26.7 Å². The molecule has 0 aliphatic carbocycles. The highest BCUT2D eigenvalue weighted by atomic mass is 16.2. The highest BCUT2D eigenvalue weighted by Crippen LogP contribution is 2.24. The van der Waals surface area contributed by atoms with E-state index in [0.717, 1.165) is 31.9 Å². The lowest BCUT2D eigenvalue weighted by atomic mass is 10.0. The standard InChI is InChI=1S/C22H29N3O/c1-17(2)19-9-5-6-10-20(19)23-22(26)16-24-12-14-25(15-13-24)21-11-7-4-8-18(21)3/h4-11,17H,12-16H2,1-3H3,(H,23,26). The van der Waals surface area contributed by atoms with E-state index in [1.165, 1.54) is 16.8 Å². The van der Waals surface area contributed by atoms with Gasteiger partial charge in [-0.25, -0.2) is 0 Å². The Kier molecular flexibility index (Phi) is 5.94. The first-order valence-electron chi connectivity index (χ1n) is 9.46. The number of para-hydroxylation sites is 2. The summed E-state index contributed by atoms with van der Waals surface area (Å²) in [5.41, 5.74) is 4.74. The number of carbonyl (C=O) groups excluding carboxylic acids is 1. The van der Waals surface area contributed by atoms with Crippen LogP contribution in [0.1, 0.15) is 30.9 Å². The van der Waals surface area contributed by atoms with Crippen molar-refractivity contribution in [3.8, 4) is 0 Å². The molecule has 0 radical (unpaired) electrons. The average Bonchev–Trinajstić information content (AvgIpc) is 2.63. The summed E-state index contributed by atoms with van der Waals surface area (Å²) in [6, 6.07) is 16.6. The maximum Gasteiger partial charge on any atom is 0.238 e. The summed E-state index contributed by atoms with van der Waals surface area (Å²) in [5, 5.41) is 3.10. The van der Waals surface area contributed by atoms with Gasteiger partial charge in [0.15, 0.2) is 0 Å². The molecule has 1 N–H and O–H groups in total. The number of amides is 1. The summed E-state index contributed by atoms with van der Waals surface area (Å²) < 4.78 is 0. The van der Waals surface area contributed by atoms with Crippen LogP contribution in [0.15, 0.2) is 48.5 Å². The lowest BCUT2D eigenvalue weighted by Gasteiger charge is -2.36. The largest absolute Gasteiger partial charge is 0.369 e.